The van der Waals surface area contributed by atoms with Gasteiger partial charge in [0.05, 0.1) is 6.61 Å². The number of aliphatic hydroxyl groups excluding tert-OH is 1. The Balaban J connectivity index is -0.000000285. The summed E-state index contributed by atoms with van der Waals surface area (Å²) >= 11 is 0. The van der Waals surface area contributed by atoms with Crippen molar-refractivity contribution in [3.05, 3.63) is 34.6 Å². The second kappa shape index (κ2) is 15.1. The fraction of sp³-hybridized carbons (Fsp3) is 0.600. The van der Waals surface area contributed by atoms with Crippen molar-refractivity contribution in [2.75, 3.05) is 0 Å². The molecule has 0 bridgehead atoms. The monoisotopic (exact) mass is 244 g/mol. The molecule has 0 aliphatic heterocycles. The molecule has 0 aliphatic carbocycles. The lowest BCUT2D eigenvalue weighted by molar-refractivity contribution is 0.281. The van der Waals surface area contributed by atoms with Gasteiger partial charge in [0.1, 0.15) is 5.82 Å². The second-order valence-electron chi connectivity index (χ2n) is 2.69. The van der Waals surface area contributed by atoms with Gasteiger partial charge in [-0.15, -0.1) is 0 Å². The predicted octanol–water partition coefficient (Wildman–Crippen LogP) is 5.01. The highest BCUT2D eigenvalue weighted by Crippen LogP contribution is 2.14. The number of benzene rings is 1. The van der Waals surface area contributed by atoms with Crippen LogP contribution in [-0.4, -0.2) is 5.11 Å². The Hall–Kier alpha value is -0.890. The minimum atomic E-state index is -0.209. The zero-order valence-corrected chi connectivity index (χ0v) is 12.7. The first-order chi connectivity index (χ1) is 8.15. The van der Waals surface area contributed by atoms with Gasteiger partial charge in [-0.1, -0.05) is 47.6 Å². The summed E-state index contributed by atoms with van der Waals surface area (Å²) in [5.74, 6) is -0.209. The minimum Gasteiger partial charge on any atom is -0.392 e. The van der Waals surface area contributed by atoms with E-state index in [0.29, 0.717) is 5.56 Å². The molecule has 1 rings (SSSR count). The number of rotatable bonds is 1. The first kappa shape index (κ1) is 21.4. The molecule has 0 radical (unpaired) electrons. The largest absolute Gasteiger partial charge is 0.392 e. The molecule has 1 aromatic rings. The Morgan fingerprint density at radius 3 is 1.65 bits per heavy atom. The van der Waals surface area contributed by atoms with E-state index in [0.717, 1.165) is 11.1 Å². The molecule has 0 saturated heterocycles. The average molecular weight is 244 g/mol. The lowest BCUT2D eigenvalue weighted by atomic mass is 10.1. The molecule has 102 valence electrons. The summed E-state index contributed by atoms with van der Waals surface area (Å²) in [5, 5.41) is 8.81. The molecule has 17 heavy (non-hydrogen) atoms. The Morgan fingerprint density at radius 1 is 0.882 bits per heavy atom. The van der Waals surface area contributed by atoms with E-state index >= 15 is 0 Å². The third kappa shape index (κ3) is 8.87. The summed E-state index contributed by atoms with van der Waals surface area (Å²) in [6, 6.07) is 3.12. The van der Waals surface area contributed by atoms with Gasteiger partial charge >= 0.3 is 0 Å². The minimum absolute atomic E-state index is 0.0209. The highest BCUT2D eigenvalue weighted by molar-refractivity contribution is 5.30. The summed E-state index contributed by atoms with van der Waals surface area (Å²) in [5.41, 5.74) is 2.18. The fourth-order valence-electron chi connectivity index (χ4n) is 1.01. The number of aryl methyl sites for hydroxylation is 2. The standard InChI is InChI=1S/C9H11FO.3C2H6/c1-6-4-9(10)7(2)3-8(6)5-11;3*1-2/h3-4,11H,5H2,1-2H3;3*1-2H3. The van der Waals surface area contributed by atoms with Crippen LogP contribution in [0.5, 0.6) is 0 Å². The lowest BCUT2D eigenvalue weighted by Gasteiger charge is -2.03. The molecule has 0 amide bonds. The van der Waals surface area contributed by atoms with Crippen LogP contribution in [0.15, 0.2) is 12.1 Å². The van der Waals surface area contributed by atoms with Gasteiger partial charge in [0, 0.05) is 0 Å². The molecule has 0 atom stereocenters. The molecule has 0 aromatic heterocycles. The zero-order chi connectivity index (χ0) is 14.4. The number of halogens is 1. The van der Waals surface area contributed by atoms with Crippen molar-refractivity contribution in [2.45, 2.75) is 62.0 Å². The van der Waals surface area contributed by atoms with Crippen molar-refractivity contribution in [1.29, 1.82) is 0 Å². The predicted molar refractivity (Wildman–Crippen MR) is 75.8 cm³/mol. The van der Waals surface area contributed by atoms with E-state index in [4.69, 9.17) is 5.11 Å². The summed E-state index contributed by atoms with van der Waals surface area (Å²) in [4.78, 5) is 0. The van der Waals surface area contributed by atoms with Crippen molar-refractivity contribution >= 4 is 0 Å². The van der Waals surface area contributed by atoms with E-state index < -0.39 is 0 Å². The van der Waals surface area contributed by atoms with Gasteiger partial charge in [-0.2, -0.15) is 0 Å². The van der Waals surface area contributed by atoms with Gasteiger partial charge in [-0.3, -0.25) is 0 Å². The molecule has 0 unspecified atom stereocenters. The van der Waals surface area contributed by atoms with E-state index in [9.17, 15) is 4.39 Å². The summed E-state index contributed by atoms with van der Waals surface area (Å²) < 4.78 is 12.8. The molecule has 0 fully saturated rings. The third-order valence-electron chi connectivity index (χ3n) is 1.79. The van der Waals surface area contributed by atoms with Gasteiger partial charge in [0.25, 0.3) is 0 Å². The Kier molecular flexibility index (Phi) is 19.0. The normalized spacial score (nSPS) is 7.65. The van der Waals surface area contributed by atoms with E-state index in [1.807, 2.05) is 41.5 Å². The van der Waals surface area contributed by atoms with Crippen LogP contribution in [0, 0.1) is 19.7 Å². The second-order valence-corrected chi connectivity index (χ2v) is 2.69. The molecule has 0 spiro atoms. The van der Waals surface area contributed by atoms with Crippen LogP contribution in [0.25, 0.3) is 0 Å². The number of hydrogen-bond acceptors (Lipinski definition) is 1. The van der Waals surface area contributed by atoms with Crippen LogP contribution >= 0.6 is 0 Å². The summed E-state index contributed by atoms with van der Waals surface area (Å²) in [6.07, 6.45) is 0. The molecular formula is C15H29FO. The lowest BCUT2D eigenvalue weighted by Crippen LogP contribution is -1.92. The van der Waals surface area contributed by atoms with Gasteiger partial charge in [0.15, 0.2) is 0 Å². The zero-order valence-electron chi connectivity index (χ0n) is 12.7. The Labute approximate surface area is 107 Å². The van der Waals surface area contributed by atoms with Crippen molar-refractivity contribution in [2.24, 2.45) is 0 Å². The van der Waals surface area contributed by atoms with Crippen LogP contribution < -0.4 is 0 Å². The van der Waals surface area contributed by atoms with Gasteiger partial charge in [-0.25, -0.2) is 4.39 Å². The quantitative estimate of drug-likeness (QED) is 0.736. The molecule has 0 heterocycles. The van der Waals surface area contributed by atoms with Crippen LogP contribution in [0.4, 0.5) is 4.39 Å². The smallest absolute Gasteiger partial charge is 0.126 e. The Morgan fingerprint density at radius 2 is 1.29 bits per heavy atom. The average Bonchev–Trinajstić information content (AvgIpc) is 2.41. The Bertz CT molecular complexity index is 270. The van der Waals surface area contributed by atoms with Crippen molar-refractivity contribution in [3.63, 3.8) is 0 Å². The molecule has 2 heteroatoms. The van der Waals surface area contributed by atoms with Crippen LogP contribution in [-0.2, 0) is 6.61 Å². The molecule has 1 nitrogen and oxygen atoms in total. The highest BCUT2D eigenvalue weighted by Gasteiger charge is 2.01. The third-order valence-corrected chi connectivity index (χ3v) is 1.79. The topological polar surface area (TPSA) is 20.2 Å². The molecule has 1 aromatic carbocycles. The summed E-state index contributed by atoms with van der Waals surface area (Å²) in [6.45, 7) is 15.5. The maximum Gasteiger partial charge on any atom is 0.126 e. The maximum atomic E-state index is 12.8. The van der Waals surface area contributed by atoms with Gasteiger partial charge in [0.2, 0.25) is 0 Å². The number of aliphatic hydroxyl groups is 1. The van der Waals surface area contributed by atoms with Crippen LogP contribution in [0.2, 0.25) is 0 Å². The molecule has 0 saturated carbocycles. The van der Waals surface area contributed by atoms with Crippen molar-refractivity contribution < 1.29 is 9.50 Å². The fourth-order valence-corrected chi connectivity index (χ4v) is 1.01. The SMILES string of the molecule is CC.CC.CC.Cc1cc(CO)c(C)cc1F. The number of hydrogen-bond donors (Lipinski definition) is 1. The molecule has 0 aliphatic rings. The highest BCUT2D eigenvalue weighted by atomic mass is 19.1. The van der Waals surface area contributed by atoms with Crippen molar-refractivity contribution in [3.8, 4) is 0 Å². The van der Waals surface area contributed by atoms with Gasteiger partial charge < -0.3 is 5.11 Å². The maximum absolute atomic E-state index is 12.8. The van der Waals surface area contributed by atoms with E-state index in [2.05, 4.69) is 0 Å². The first-order valence-electron chi connectivity index (χ1n) is 6.51. The van der Waals surface area contributed by atoms with E-state index in [1.165, 1.54) is 6.07 Å². The van der Waals surface area contributed by atoms with E-state index in [1.54, 1.807) is 19.9 Å². The molecule has 1 N–H and O–H groups in total. The van der Waals surface area contributed by atoms with Crippen LogP contribution in [0.1, 0.15) is 58.2 Å². The van der Waals surface area contributed by atoms with E-state index in [-0.39, 0.29) is 12.4 Å². The first-order valence-corrected chi connectivity index (χ1v) is 6.51. The van der Waals surface area contributed by atoms with Crippen LogP contribution in [0.3, 0.4) is 0 Å². The van der Waals surface area contributed by atoms with Crippen molar-refractivity contribution in [1.82, 2.24) is 0 Å². The molecular weight excluding hydrogens is 215 g/mol. The summed E-state index contributed by atoms with van der Waals surface area (Å²) in [7, 11) is 0. The van der Waals surface area contributed by atoms with Gasteiger partial charge in [-0.05, 0) is 36.6 Å².